The molecular weight excluding hydrogens is 696 g/mol. The Morgan fingerprint density at radius 1 is 1.10 bits per heavy atom. The van der Waals surface area contributed by atoms with E-state index in [1.54, 1.807) is 0 Å². The molecule has 0 radical (unpaired) electrons. The molecular formula is C41H59ClN4O5S. The number of rotatable bonds is 13. The van der Waals surface area contributed by atoms with Gasteiger partial charge in [-0.1, -0.05) is 80.5 Å². The topological polar surface area (TPSA) is 94.6 Å². The fraction of sp³-hybridized carbons (Fsp3) is 0.585. The van der Waals surface area contributed by atoms with Gasteiger partial charge in [-0.2, -0.15) is 0 Å². The summed E-state index contributed by atoms with van der Waals surface area (Å²) in [7, 11) is 0.533. The molecule has 0 aromatic heterocycles. The number of nitrogens with zero attached hydrogens (tertiary/aromatic N) is 3. The lowest BCUT2D eigenvalue weighted by Crippen LogP contribution is -2.54. The molecule has 1 saturated carbocycles. The summed E-state index contributed by atoms with van der Waals surface area (Å²) in [5.74, 6) is 6.58. The van der Waals surface area contributed by atoms with Gasteiger partial charge >= 0.3 is 6.09 Å². The first-order chi connectivity index (χ1) is 25.1. The molecule has 2 amide bonds. The molecule has 0 spiro atoms. The molecule has 3 aliphatic heterocycles. The van der Waals surface area contributed by atoms with Crippen LogP contribution >= 0.6 is 22.3 Å². The minimum absolute atomic E-state index is 0.0933. The minimum Gasteiger partial charge on any atom is -0.491 e. The van der Waals surface area contributed by atoms with Crippen molar-refractivity contribution in [3.8, 4) is 5.75 Å². The molecule has 6 rings (SSSR count). The SMILES string of the molecule is C=S(NC(=O)c1ccc2c(c1)N(CC1CCC1C(/C=C/CC)CN1CCN3C(=O)OCC3C1)CC(c1ccc(Cl)cc1CCC)CO2)C(C)C.CO. The Morgan fingerprint density at radius 3 is 2.62 bits per heavy atom. The van der Waals surface area contributed by atoms with Crippen molar-refractivity contribution in [1.29, 1.82) is 0 Å². The van der Waals surface area contributed by atoms with Gasteiger partial charge in [-0.25, -0.2) is 4.79 Å². The molecule has 6 atom stereocenters. The standard InChI is InChI=1S/C40H55ClN4O4S.CH4O/c1-6-8-10-30(21-43-17-18-45-34(24-43)26-49-40(45)47)36-14-11-31(36)22-44-23-32(35-15-13-33(41)19-28(35)9-7-2)25-48-38-16-12-29(20-37(38)44)39(46)42-50(5)27(3)4;1-2/h8,10,12-13,15-16,19-20,27,30-32,34,36H,5-7,9,11,14,17-18,21-26H2,1-4H3,(H,42,46);2H,1H3/b10-8+;. The fourth-order valence-corrected chi connectivity index (χ4v) is 8.87. The van der Waals surface area contributed by atoms with E-state index in [0.29, 0.717) is 36.5 Å². The molecule has 286 valence electrons. The highest BCUT2D eigenvalue weighted by Crippen LogP contribution is 2.44. The number of benzene rings is 2. The lowest BCUT2D eigenvalue weighted by molar-refractivity contribution is 0.0703. The van der Waals surface area contributed by atoms with Crippen LogP contribution in [0.4, 0.5) is 10.5 Å². The largest absolute Gasteiger partial charge is 0.491 e. The van der Waals surface area contributed by atoms with Crippen LogP contribution < -0.4 is 14.4 Å². The summed E-state index contributed by atoms with van der Waals surface area (Å²) in [5.41, 5.74) is 4.22. The molecule has 1 aliphatic carbocycles. The van der Waals surface area contributed by atoms with Crippen molar-refractivity contribution in [1.82, 2.24) is 14.5 Å². The second-order valence-corrected chi connectivity index (χ2v) is 17.2. The molecule has 52 heavy (non-hydrogen) atoms. The van der Waals surface area contributed by atoms with Gasteiger partial charge in [0.05, 0.1) is 18.3 Å². The van der Waals surface area contributed by atoms with E-state index in [9.17, 15) is 9.59 Å². The Hall–Kier alpha value is -3.05. The number of piperazine rings is 1. The maximum Gasteiger partial charge on any atom is 0.410 e. The van der Waals surface area contributed by atoms with E-state index in [0.717, 1.165) is 82.1 Å². The molecule has 2 aromatic rings. The van der Waals surface area contributed by atoms with Gasteiger partial charge in [0.2, 0.25) is 0 Å². The number of fused-ring (bicyclic) bond motifs is 2. The van der Waals surface area contributed by atoms with Crippen molar-refractivity contribution < 1.29 is 24.2 Å². The maximum atomic E-state index is 13.4. The molecule has 3 heterocycles. The number of carbonyl (C=O) groups is 2. The van der Waals surface area contributed by atoms with Crippen molar-refractivity contribution in [2.75, 3.05) is 64.5 Å². The van der Waals surface area contributed by atoms with Gasteiger partial charge in [-0.15, -0.1) is 0 Å². The Balaban J connectivity index is 0.00000257. The Labute approximate surface area is 318 Å². The van der Waals surface area contributed by atoms with Crippen LogP contribution in [0.1, 0.15) is 80.8 Å². The van der Waals surface area contributed by atoms with Crippen LogP contribution in [-0.2, 0) is 11.2 Å². The number of allylic oxidation sites excluding steroid dienone is 1. The Bertz CT molecular complexity index is 1590. The number of ether oxygens (including phenoxy) is 2. The van der Waals surface area contributed by atoms with Crippen LogP contribution in [0.3, 0.4) is 0 Å². The molecule has 4 aliphatic rings. The first-order valence-electron chi connectivity index (χ1n) is 19.1. The highest BCUT2D eigenvalue weighted by atomic mass is 35.5. The summed E-state index contributed by atoms with van der Waals surface area (Å²) in [6, 6.07) is 12.4. The predicted octanol–water partition coefficient (Wildman–Crippen LogP) is 7.38. The number of aryl methyl sites for hydroxylation is 1. The predicted molar refractivity (Wildman–Crippen MR) is 215 cm³/mol. The van der Waals surface area contributed by atoms with Crippen LogP contribution in [0.2, 0.25) is 5.02 Å². The van der Waals surface area contributed by atoms with E-state index in [1.165, 1.54) is 24.0 Å². The van der Waals surface area contributed by atoms with Crippen LogP contribution in [0.5, 0.6) is 5.75 Å². The summed E-state index contributed by atoms with van der Waals surface area (Å²) in [6.45, 7) is 14.8. The number of hydrogen-bond acceptors (Lipinski definition) is 7. The highest BCUT2D eigenvalue weighted by molar-refractivity contribution is 8.13. The Morgan fingerprint density at radius 2 is 1.90 bits per heavy atom. The quantitative estimate of drug-likeness (QED) is 0.163. The number of halogens is 1. The maximum absolute atomic E-state index is 13.4. The monoisotopic (exact) mass is 754 g/mol. The lowest BCUT2D eigenvalue weighted by atomic mass is 9.66. The van der Waals surface area contributed by atoms with E-state index in [4.69, 9.17) is 26.2 Å². The number of aliphatic hydroxyl groups is 1. The van der Waals surface area contributed by atoms with Gasteiger partial charge in [0, 0.05) is 68.1 Å². The van der Waals surface area contributed by atoms with Crippen molar-refractivity contribution in [2.45, 2.75) is 77.0 Å². The molecule has 2 saturated heterocycles. The average Bonchev–Trinajstić information content (AvgIpc) is 3.39. The molecule has 11 heteroatoms. The molecule has 6 unspecified atom stereocenters. The summed E-state index contributed by atoms with van der Waals surface area (Å²) in [5, 5.41) is 8.03. The first-order valence-corrected chi connectivity index (χ1v) is 20.9. The molecule has 3 fully saturated rings. The second kappa shape index (κ2) is 18.8. The summed E-state index contributed by atoms with van der Waals surface area (Å²) >= 11 is 6.49. The zero-order valence-corrected chi connectivity index (χ0v) is 33.3. The third-order valence-corrected chi connectivity index (χ3v) is 12.9. The van der Waals surface area contributed by atoms with Gasteiger partial charge in [0.15, 0.2) is 0 Å². The summed E-state index contributed by atoms with van der Waals surface area (Å²) in [6.07, 6.45) is 10.0. The summed E-state index contributed by atoms with van der Waals surface area (Å²) < 4.78 is 15.1. The van der Waals surface area contributed by atoms with Crippen molar-refractivity contribution in [2.24, 2.45) is 17.8 Å². The van der Waals surface area contributed by atoms with Crippen LogP contribution in [0, 0.1) is 17.8 Å². The zero-order valence-electron chi connectivity index (χ0n) is 31.7. The average molecular weight is 755 g/mol. The van der Waals surface area contributed by atoms with Gasteiger partial charge in [0.1, 0.15) is 12.4 Å². The first kappa shape index (κ1) is 40.1. The van der Waals surface area contributed by atoms with Crippen LogP contribution in [0.25, 0.3) is 0 Å². The number of hydrogen-bond donors (Lipinski definition) is 2. The fourth-order valence-electron chi connectivity index (χ4n) is 8.09. The third-order valence-electron chi connectivity index (χ3n) is 11.1. The molecule has 0 bridgehead atoms. The second-order valence-electron chi connectivity index (χ2n) is 14.8. The van der Waals surface area contributed by atoms with Gasteiger partial charge in [-0.3, -0.25) is 14.6 Å². The van der Waals surface area contributed by atoms with E-state index >= 15 is 0 Å². The van der Waals surface area contributed by atoms with Crippen molar-refractivity contribution >= 4 is 45.8 Å². The number of aliphatic hydroxyl groups excluding tert-OH is 1. The van der Waals surface area contributed by atoms with Gasteiger partial charge < -0.3 is 24.2 Å². The third kappa shape index (κ3) is 9.54. The normalized spacial score (nSPS) is 24.1. The number of cyclic esters (lactones) is 1. The smallest absolute Gasteiger partial charge is 0.410 e. The van der Waals surface area contributed by atoms with E-state index in [1.807, 2.05) is 29.2 Å². The highest BCUT2D eigenvalue weighted by Gasteiger charge is 2.42. The minimum atomic E-state index is -0.467. The molecule has 2 N–H and O–H groups in total. The zero-order chi connectivity index (χ0) is 37.4. The van der Waals surface area contributed by atoms with Crippen LogP contribution in [-0.4, -0.2) is 104 Å². The number of amides is 2. The number of carbonyl (C=O) groups excluding carboxylic acids is 2. The number of nitrogens with one attached hydrogen (secondary N) is 1. The lowest BCUT2D eigenvalue weighted by Gasteiger charge is -2.46. The van der Waals surface area contributed by atoms with Gasteiger partial charge in [-0.05, 0) is 84.9 Å². The molecule has 2 aromatic carbocycles. The van der Waals surface area contributed by atoms with E-state index in [2.05, 4.69) is 72.4 Å². The number of anilines is 1. The summed E-state index contributed by atoms with van der Waals surface area (Å²) in [4.78, 5) is 32.5. The van der Waals surface area contributed by atoms with Gasteiger partial charge in [0.25, 0.3) is 5.91 Å². The Kier molecular flexibility index (Phi) is 14.5. The molecule has 9 nitrogen and oxygen atoms in total. The van der Waals surface area contributed by atoms with E-state index < -0.39 is 10.7 Å². The van der Waals surface area contributed by atoms with E-state index in [-0.39, 0.29) is 29.2 Å². The van der Waals surface area contributed by atoms with Crippen molar-refractivity contribution in [3.05, 3.63) is 70.3 Å². The van der Waals surface area contributed by atoms with Crippen molar-refractivity contribution in [3.63, 3.8) is 0 Å². The van der Waals surface area contributed by atoms with Crippen LogP contribution in [0.15, 0.2) is 48.6 Å².